The van der Waals surface area contributed by atoms with E-state index in [1.807, 2.05) is 0 Å². The third-order valence-electron chi connectivity index (χ3n) is 2.55. The van der Waals surface area contributed by atoms with Gasteiger partial charge in [0.05, 0.1) is 0 Å². The molecule has 1 aliphatic heterocycles. The predicted octanol–water partition coefficient (Wildman–Crippen LogP) is 1.21. The topological polar surface area (TPSA) is 29.3 Å². The SMILES string of the molecule is CCCC1(N)CCCN(C)C1. The van der Waals surface area contributed by atoms with Crippen LogP contribution in [-0.4, -0.2) is 30.6 Å². The molecule has 66 valence electrons. The van der Waals surface area contributed by atoms with Crippen LogP contribution in [0, 0.1) is 0 Å². The summed E-state index contributed by atoms with van der Waals surface area (Å²) >= 11 is 0. The van der Waals surface area contributed by atoms with Crippen LogP contribution in [0.25, 0.3) is 0 Å². The van der Waals surface area contributed by atoms with E-state index in [2.05, 4.69) is 18.9 Å². The van der Waals surface area contributed by atoms with Gasteiger partial charge in [-0.1, -0.05) is 13.3 Å². The fourth-order valence-electron chi connectivity index (χ4n) is 2.10. The molecule has 1 unspecified atom stereocenters. The number of nitrogens with zero attached hydrogens (tertiary/aromatic N) is 1. The van der Waals surface area contributed by atoms with Crippen LogP contribution in [0.1, 0.15) is 32.6 Å². The number of nitrogens with two attached hydrogens (primary N) is 1. The van der Waals surface area contributed by atoms with E-state index < -0.39 is 0 Å². The number of likely N-dealkylation sites (tertiary alicyclic amines) is 1. The molecule has 0 aromatic carbocycles. The first kappa shape index (κ1) is 9.01. The fourth-order valence-corrected chi connectivity index (χ4v) is 2.10. The first-order chi connectivity index (χ1) is 5.16. The van der Waals surface area contributed by atoms with Crippen LogP contribution in [0.2, 0.25) is 0 Å². The van der Waals surface area contributed by atoms with Crippen LogP contribution in [0.5, 0.6) is 0 Å². The van der Waals surface area contributed by atoms with Crippen molar-refractivity contribution < 1.29 is 0 Å². The van der Waals surface area contributed by atoms with E-state index in [-0.39, 0.29) is 5.54 Å². The second-order valence-electron chi connectivity index (χ2n) is 3.95. The van der Waals surface area contributed by atoms with Gasteiger partial charge in [0.1, 0.15) is 0 Å². The highest BCUT2D eigenvalue weighted by molar-refractivity contribution is 4.89. The summed E-state index contributed by atoms with van der Waals surface area (Å²) in [5, 5.41) is 0. The Morgan fingerprint density at radius 3 is 2.82 bits per heavy atom. The van der Waals surface area contributed by atoms with Crippen molar-refractivity contribution in [2.75, 3.05) is 20.1 Å². The molecule has 2 N–H and O–H groups in total. The monoisotopic (exact) mass is 156 g/mol. The second kappa shape index (κ2) is 3.55. The van der Waals surface area contributed by atoms with Crippen molar-refractivity contribution in [2.45, 2.75) is 38.1 Å². The lowest BCUT2D eigenvalue weighted by atomic mass is 9.86. The average molecular weight is 156 g/mol. The number of piperidine rings is 1. The Hall–Kier alpha value is -0.0800. The Kier molecular flexibility index (Phi) is 2.90. The normalized spacial score (nSPS) is 34.1. The van der Waals surface area contributed by atoms with Crippen molar-refractivity contribution in [2.24, 2.45) is 5.73 Å². The maximum atomic E-state index is 6.22. The largest absolute Gasteiger partial charge is 0.324 e. The van der Waals surface area contributed by atoms with Crippen molar-refractivity contribution in [3.63, 3.8) is 0 Å². The number of likely N-dealkylation sites (N-methyl/N-ethyl adjacent to an activating group) is 1. The van der Waals surface area contributed by atoms with Crippen LogP contribution < -0.4 is 5.73 Å². The molecule has 0 aromatic rings. The molecule has 1 atom stereocenters. The Morgan fingerprint density at radius 2 is 2.27 bits per heavy atom. The Labute approximate surface area is 69.8 Å². The fraction of sp³-hybridized carbons (Fsp3) is 1.00. The van der Waals surface area contributed by atoms with Gasteiger partial charge in [0, 0.05) is 12.1 Å². The van der Waals surface area contributed by atoms with Crippen molar-refractivity contribution >= 4 is 0 Å². The molecule has 11 heavy (non-hydrogen) atoms. The maximum absolute atomic E-state index is 6.22. The predicted molar refractivity (Wildman–Crippen MR) is 48.6 cm³/mol. The second-order valence-corrected chi connectivity index (χ2v) is 3.95. The summed E-state index contributed by atoms with van der Waals surface area (Å²) in [7, 11) is 2.16. The van der Waals surface area contributed by atoms with Gasteiger partial charge in [-0.3, -0.25) is 0 Å². The van der Waals surface area contributed by atoms with E-state index in [9.17, 15) is 0 Å². The maximum Gasteiger partial charge on any atom is 0.0283 e. The first-order valence-electron chi connectivity index (χ1n) is 4.64. The highest BCUT2D eigenvalue weighted by atomic mass is 15.1. The molecule has 2 heteroatoms. The molecule has 0 aromatic heterocycles. The summed E-state index contributed by atoms with van der Waals surface area (Å²) in [6.07, 6.45) is 4.87. The van der Waals surface area contributed by atoms with Gasteiger partial charge in [-0.25, -0.2) is 0 Å². The van der Waals surface area contributed by atoms with E-state index in [4.69, 9.17) is 5.73 Å². The van der Waals surface area contributed by atoms with Gasteiger partial charge in [-0.15, -0.1) is 0 Å². The third kappa shape index (κ3) is 2.46. The summed E-state index contributed by atoms with van der Waals surface area (Å²) in [5.41, 5.74) is 6.35. The molecule has 0 saturated carbocycles. The zero-order valence-corrected chi connectivity index (χ0v) is 7.77. The van der Waals surface area contributed by atoms with Crippen LogP contribution in [0.15, 0.2) is 0 Å². The molecule has 1 heterocycles. The zero-order chi connectivity index (χ0) is 8.32. The van der Waals surface area contributed by atoms with E-state index in [0.717, 1.165) is 6.54 Å². The van der Waals surface area contributed by atoms with Crippen LogP contribution in [-0.2, 0) is 0 Å². The minimum absolute atomic E-state index is 0.127. The Balaban J connectivity index is 2.41. The summed E-state index contributed by atoms with van der Waals surface area (Å²) in [6, 6.07) is 0. The standard InChI is InChI=1S/C9H20N2/c1-3-5-9(10)6-4-7-11(2)8-9/h3-8,10H2,1-2H3. The molecule has 1 aliphatic rings. The van der Waals surface area contributed by atoms with Gasteiger partial charge in [-0.05, 0) is 32.9 Å². The molecule has 0 aliphatic carbocycles. The average Bonchev–Trinajstić information content (AvgIpc) is 1.86. The Morgan fingerprint density at radius 1 is 1.55 bits per heavy atom. The molecular formula is C9H20N2. The minimum Gasteiger partial charge on any atom is -0.324 e. The van der Waals surface area contributed by atoms with Crippen LogP contribution >= 0.6 is 0 Å². The zero-order valence-electron chi connectivity index (χ0n) is 7.77. The van der Waals surface area contributed by atoms with Gasteiger partial charge in [-0.2, -0.15) is 0 Å². The number of hydrogen-bond acceptors (Lipinski definition) is 2. The van der Waals surface area contributed by atoms with Gasteiger partial charge < -0.3 is 10.6 Å². The van der Waals surface area contributed by atoms with Crippen LogP contribution in [0.3, 0.4) is 0 Å². The van der Waals surface area contributed by atoms with Gasteiger partial charge in [0.25, 0.3) is 0 Å². The lowest BCUT2D eigenvalue weighted by Gasteiger charge is -2.38. The molecular weight excluding hydrogens is 136 g/mol. The smallest absolute Gasteiger partial charge is 0.0283 e. The summed E-state index contributed by atoms with van der Waals surface area (Å²) < 4.78 is 0. The van der Waals surface area contributed by atoms with Gasteiger partial charge >= 0.3 is 0 Å². The van der Waals surface area contributed by atoms with E-state index in [0.29, 0.717) is 0 Å². The lowest BCUT2D eigenvalue weighted by Crippen LogP contribution is -2.52. The lowest BCUT2D eigenvalue weighted by molar-refractivity contribution is 0.169. The highest BCUT2D eigenvalue weighted by Gasteiger charge is 2.28. The summed E-state index contributed by atoms with van der Waals surface area (Å²) in [4.78, 5) is 2.35. The molecule has 0 amide bonds. The molecule has 2 nitrogen and oxygen atoms in total. The van der Waals surface area contributed by atoms with Crippen molar-refractivity contribution in [1.82, 2.24) is 4.90 Å². The van der Waals surface area contributed by atoms with Gasteiger partial charge in [0.15, 0.2) is 0 Å². The van der Waals surface area contributed by atoms with E-state index in [1.165, 1.54) is 32.2 Å². The Bertz CT molecular complexity index is 121. The molecule has 0 bridgehead atoms. The summed E-state index contributed by atoms with van der Waals surface area (Å²) in [6.45, 7) is 4.52. The minimum atomic E-state index is 0.127. The highest BCUT2D eigenvalue weighted by Crippen LogP contribution is 2.21. The molecule has 1 fully saturated rings. The molecule has 0 radical (unpaired) electrons. The van der Waals surface area contributed by atoms with Crippen molar-refractivity contribution in [3.8, 4) is 0 Å². The van der Waals surface area contributed by atoms with E-state index >= 15 is 0 Å². The molecule has 0 spiro atoms. The van der Waals surface area contributed by atoms with Gasteiger partial charge in [0.2, 0.25) is 0 Å². The van der Waals surface area contributed by atoms with Crippen molar-refractivity contribution in [3.05, 3.63) is 0 Å². The summed E-state index contributed by atoms with van der Waals surface area (Å²) in [5.74, 6) is 0. The number of rotatable bonds is 2. The third-order valence-corrected chi connectivity index (χ3v) is 2.55. The van der Waals surface area contributed by atoms with E-state index in [1.54, 1.807) is 0 Å². The quantitative estimate of drug-likeness (QED) is 0.651. The number of hydrogen-bond donors (Lipinski definition) is 1. The molecule has 1 rings (SSSR count). The van der Waals surface area contributed by atoms with Crippen LogP contribution in [0.4, 0.5) is 0 Å². The first-order valence-corrected chi connectivity index (χ1v) is 4.64. The molecule has 1 saturated heterocycles. The van der Waals surface area contributed by atoms with Crippen molar-refractivity contribution in [1.29, 1.82) is 0 Å².